The first-order valence-corrected chi connectivity index (χ1v) is 9.08. The number of H-pyrrole nitrogens is 1. The number of aromatic amines is 1. The molecular weight excluding hydrogens is 362 g/mol. The lowest BCUT2D eigenvalue weighted by atomic mass is 10.2. The average Bonchev–Trinajstić information content (AvgIpc) is 3.12. The highest BCUT2D eigenvalue weighted by molar-refractivity contribution is 5.80. The molecule has 0 aliphatic rings. The van der Waals surface area contributed by atoms with Crippen molar-refractivity contribution < 1.29 is 4.79 Å². The van der Waals surface area contributed by atoms with Gasteiger partial charge in [-0.15, -0.1) is 10.2 Å². The van der Waals surface area contributed by atoms with E-state index in [1.807, 2.05) is 4.57 Å². The van der Waals surface area contributed by atoms with Crippen LogP contribution in [-0.4, -0.2) is 49.1 Å². The Kier molecular flexibility index (Phi) is 5.87. The molecule has 0 radical (unpaired) electrons. The third kappa shape index (κ3) is 4.11. The largest absolute Gasteiger partial charge is 0.336 e. The highest BCUT2D eigenvalue weighted by atomic mass is 16.2. The fourth-order valence-corrected chi connectivity index (χ4v) is 2.93. The molecule has 0 aliphatic carbocycles. The summed E-state index contributed by atoms with van der Waals surface area (Å²) in [6.45, 7) is 3.51. The predicted octanol–water partition coefficient (Wildman–Crippen LogP) is 0.533. The Hall–Kier alpha value is -3.43. The van der Waals surface area contributed by atoms with Gasteiger partial charge in [0.25, 0.3) is 11.1 Å². The summed E-state index contributed by atoms with van der Waals surface area (Å²) in [7, 11) is 1.66. The van der Waals surface area contributed by atoms with E-state index in [-0.39, 0.29) is 30.2 Å². The number of rotatable bonds is 7. The van der Waals surface area contributed by atoms with Crippen LogP contribution in [0.3, 0.4) is 0 Å². The second kappa shape index (κ2) is 8.51. The van der Waals surface area contributed by atoms with E-state index in [9.17, 15) is 14.4 Å². The molecule has 28 heavy (non-hydrogen) atoms. The van der Waals surface area contributed by atoms with Crippen LogP contribution >= 0.6 is 0 Å². The summed E-state index contributed by atoms with van der Waals surface area (Å²) in [5.41, 5.74) is -0.639. The predicted molar refractivity (Wildman–Crippen MR) is 104 cm³/mol. The minimum absolute atomic E-state index is 0.157. The molecule has 3 aromatic rings. The highest BCUT2D eigenvalue weighted by Gasteiger charge is 2.13. The van der Waals surface area contributed by atoms with E-state index in [4.69, 9.17) is 0 Å². The molecule has 0 atom stereocenters. The quantitative estimate of drug-likeness (QED) is 0.615. The summed E-state index contributed by atoms with van der Waals surface area (Å²) in [6.07, 6.45) is 2.59. The van der Waals surface area contributed by atoms with Gasteiger partial charge in [0.2, 0.25) is 0 Å². The van der Waals surface area contributed by atoms with Crippen molar-refractivity contribution in [2.75, 3.05) is 13.6 Å². The van der Waals surface area contributed by atoms with Crippen molar-refractivity contribution in [1.82, 2.24) is 34.8 Å². The van der Waals surface area contributed by atoms with Crippen molar-refractivity contribution in [3.8, 4) is 0 Å². The number of urea groups is 1. The first kappa shape index (κ1) is 19.3. The van der Waals surface area contributed by atoms with Crippen molar-refractivity contribution in [3.63, 3.8) is 0 Å². The summed E-state index contributed by atoms with van der Waals surface area (Å²) in [5.74, 6) is 0.703. The second-order valence-electron chi connectivity index (χ2n) is 6.47. The van der Waals surface area contributed by atoms with Crippen molar-refractivity contribution in [2.45, 2.75) is 33.0 Å². The molecule has 0 spiro atoms. The van der Waals surface area contributed by atoms with Crippen LogP contribution in [0.1, 0.15) is 19.2 Å². The Morgan fingerprint density at radius 3 is 2.71 bits per heavy atom. The van der Waals surface area contributed by atoms with Crippen LogP contribution < -0.4 is 16.4 Å². The normalized spacial score (nSPS) is 10.9. The van der Waals surface area contributed by atoms with Crippen LogP contribution in [0.15, 0.2) is 40.2 Å². The Labute approximate surface area is 160 Å². The van der Waals surface area contributed by atoms with Gasteiger partial charge in [0.05, 0.1) is 23.9 Å². The van der Waals surface area contributed by atoms with E-state index >= 15 is 0 Å². The highest BCUT2D eigenvalue weighted by Crippen LogP contribution is 2.03. The van der Waals surface area contributed by atoms with Crippen LogP contribution in [0.25, 0.3) is 10.8 Å². The van der Waals surface area contributed by atoms with E-state index in [2.05, 4.69) is 27.5 Å². The monoisotopic (exact) mass is 385 g/mol. The fourth-order valence-electron chi connectivity index (χ4n) is 2.93. The topological polar surface area (TPSA) is 118 Å². The third-order valence-electron chi connectivity index (χ3n) is 4.38. The Morgan fingerprint density at radius 1 is 1.21 bits per heavy atom. The lowest BCUT2D eigenvalue weighted by Gasteiger charge is -2.18. The molecule has 2 aromatic heterocycles. The Balaban J connectivity index is 1.60. The van der Waals surface area contributed by atoms with Crippen LogP contribution in [0.5, 0.6) is 0 Å². The molecule has 2 heterocycles. The first-order valence-electron chi connectivity index (χ1n) is 9.08. The number of fused-ring (bicyclic) bond motifs is 1. The molecule has 0 saturated carbocycles. The number of hydrogen-bond acceptors (Lipinski definition) is 5. The van der Waals surface area contributed by atoms with Crippen molar-refractivity contribution in [2.24, 2.45) is 0 Å². The van der Waals surface area contributed by atoms with Gasteiger partial charge in [-0.2, -0.15) is 0 Å². The summed E-state index contributed by atoms with van der Waals surface area (Å²) >= 11 is 0. The number of carbonyl (C=O) groups excluding carboxylic acids is 1. The lowest BCUT2D eigenvalue weighted by Crippen LogP contribution is -2.40. The van der Waals surface area contributed by atoms with Crippen LogP contribution in [0.4, 0.5) is 4.79 Å². The number of hydrogen-bond donors (Lipinski definition) is 2. The average molecular weight is 385 g/mol. The zero-order valence-electron chi connectivity index (χ0n) is 15.9. The van der Waals surface area contributed by atoms with Gasteiger partial charge in [-0.25, -0.2) is 9.48 Å². The Morgan fingerprint density at radius 2 is 1.96 bits per heavy atom. The minimum Gasteiger partial charge on any atom is -0.336 e. The number of nitrogens with zero attached hydrogens (tertiary/aromatic N) is 5. The maximum absolute atomic E-state index is 12.5. The van der Waals surface area contributed by atoms with Crippen molar-refractivity contribution in [3.05, 3.63) is 57.1 Å². The molecule has 3 rings (SSSR count). The number of nitrogens with one attached hydrogen (secondary N) is 2. The molecule has 0 saturated heterocycles. The molecule has 148 valence electrons. The number of aromatic nitrogens is 5. The van der Waals surface area contributed by atoms with Crippen LogP contribution in [0.2, 0.25) is 0 Å². The molecular formula is C18H23N7O3. The van der Waals surface area contributed by atoms with E-state index in [1.165, 1.54) is 9.58 Å². The van der Waals surface area contributed by atoms with E-state index in [1.54, 1.807) is 37.6 Å². The smallest absolute Gasteiger partial charge is 0.317 e. The first-order chi connectivity index (χ1) is 13.5. The molecule has 10 heteroatoms. The molecule has 0 unspecified atom stereocenters. The van der Waals surface area contributed by atoms with Gasteiger partial charge in [0, 0.05) is 20.1 Å². The molecule has 0 fully saturated rings. The summed E-state index contributed by atoms with van der Waals surface area (Å²) in [4.78, 5) is 38.3. The van der Waals surface area contributed by atoms with E-state index in [0.717, 1.165) is 13.0 Å². The molecule has 0 bridgehead atoms. The van der Waals surface area contributed by atoms with Crippen molar-refractivity contribution >= 4 is 16.8 Å². The summed E-state index contributed by atoms with van der Waals surface area (Å²) < 4.78 is 3.12. The number of benzene rings is 1. The minimum atomic E-state index is -0.339. The molecule has 2 amide bonds. The zero-order chi connectivity index (χ0) is 20.1. The molecule has 0 aliphatic heterocycles. The third-order valence-corrected chi connectivity index (χ3v) is 4.38. The number of aryl methyl sites for hydroxylation is 1. The fraction of sp³-hybridized carbons (Fsp3) is 0.389. The maximum Gasteiger partial charge on any atom is 0.317 e. The lowest BCUT2D eigenvalue weighted by molar-refractivity contribution is 0.204. The molecule has 2 N–H and O–H groups in total. The van der Waals surface area contributed by atoms with Gasteiger partial charge >= 0.3 is 6.03 Å². The van der Waals surface area contributed by atoms with Crippen LogP contribution in [0, 0.1) is 0 Å². The zero-order valence-corrected chi connectivity index (χ0v) is 15.9. The molecule has 10 nitrogen and oxygen atoms in total. The summed E-state index contributed by atoms with van der Waals surface area (Å²) in [6, 6.07) is 6.33. The van der Waals surface area contributed by atoms with E-state index < -0.39 is 0 Å². The second-order valence-corrected chi connectivity index (χ2v) is 6.47. The SMILES string of the molecule is CCCn1cnnc1CN(C)C(=O)NCCn1[nH]c(=O)c2ccccc2c1=O. The van der Waals surface area contributed by atoms with E-state index in [0.29, 0.717) is 23.1 Å². The van der Waals surface area contributed by atoms with Gasteiger partial charge in [0.15, 0.2) is 5.82 Å². The van der Waals surface area contributed by atoms with Gasteiger partial charge < -0.3 is 14.8 Å². The summed E-state index contributed by atoms with van der Waals surface area (Å²) in [5, 5.41) is 13.9. The number of carbonyl (C=O) groups is 1. The van der Waals surface area contributed by atoms with Gasteiger partial charge in [-0.1, -0.05) is 19.1 Å². The van der Waals surface area contributed by atoms with Gasteiger partial charge in [-0.05, 0) is 18.6 Å². The van der Waals surface area contributed by atoms with Gasteiger partial charge in [-0.3, -0.25) is 14.7 Å². The van der Waals surface area contributed by atoms with Gasteiger partial charge in [0.1, 0.15) is 6.33 Å². The Bertz CT molecular complexity index is 1080. The molecule has 1 aromatic carbocycles. The maximum atomic E-state index is 12.5. The number of amides is 2. The van der Waals surface area contributed by atoms with Crippen molar-refractivity contribution in [1.29, 1.82) is 0 Å². The van der Waals surface area contributed by atoms with Crippen LogP contribution in [-0.2, 0) is 19.6 Å². The standard InChI is InChI=1S/C18H23N7O3/c1-3-9-24-12-20-21-15(24)11-23(2)18(28)19-8-10-25-17(27)14-7-5-4-6-13(14)16(26)22-25/h4-7,12H,3,8-11H2,1-2H3,(H,19,28)(H,22,26).